The molecule has 0 aliphatic carbocycles. The van der Waals surface area contributed by atoms with E-state index >= 15 is 0 Å². The topological polar surface area (TPSA) is 29.1 Å². The van der Waals surface area contributed by atoms with Gasteiger partial charge in [0.1, 0.15) is 5.78 Å². The second kappa shape index (κ2) is 4.67. The minimum absolute atomic E-state index is 0.0266. The van der Waals surface area contributed by atoms with Crippen LogP contribution >= 0.6 is 30.1 Å². The lowest BCUT2D eigenvalue weighted by molar-refractivity contribution is -0.119. The molecule has 0 amide bonds. The molecule has 1 unspecified atom stereocenters. The number of ketones is 1. The Bertz CT molecular complexity index is 149. The average Bonchev–Trinajstić information content (AvgIpc) is 1.88. The molecule has 1 atom stereocenters. The predicted octanol–water partition coefficient (Wildman–Crippen LogP) is 2.03. The molecular weight excluding hydrogens is 273 g/mol. The SMILES string of the molecule is CNC(C(C)=O)C(C)(C)SI. The maximum Gasteiger partial charge on any atom is 0.148 e. The van der Waals surface area contributed by atoms with Crippen molar-refractivity contribution in [1.82, 2.24) is 5.32 Å². The Morgan fingerprint density at radius 1 is 1.64 bits per heavy atom. The molecule has 0 heterocycles. The van der Waals surface area contributed by atoms with Gasteiger partial charge in [-0.15, -0.1) is 0 Å². The van der Waals surface area contributed by atoms with E-state index in [0.29, 0.717) is 0 Å². The number of likely N-dealkylation sites (N-methyl/N-ethyl adjacent to an activating group) is 1. The summed E-state index contributed by atoms with van der Waals surface area (Å²) < 4.78 is -0.0266. The van der Waals surface area contributed by atoms with E-state index in [0.717, 1.165) is 0 Å². The lowest BCUT2D eigenvalue weighted by Gasteiger charge is -2.29. The van der Waals surface area contributed by atoms with E-state index in [9.17, 15) is 4.79 Å². The van der Waals surface area contributed by atoms with Crippen molar-refractivity contribution in [1.29, 1.82) is 0 Å². The molecule has 0 rings (SSSR count). The zero-order valence-electron chi connectivity index (χ0n) is 7.27. The van der Waals surface area contributed by atoms with E-state index in [-0.39, 0.29) is 16.6 Å². The maximum absolute atomic E-state index is 11.1. The molecule has 2 nitrogen and oxygen atoms in total. The van der Waals surface area contributed by atoms with Crippen molar-refractivity contribution in [3.05, 3.63) is 0 Å². The van der Waals surface area contributed by atoms with Crippen molar-refractivity contribution >= 4 is 35.9 Å². The van der Waals surface area contributed by atoms with Gasteiger partial charge in [0.2, 0.25) is 0 Å². The molecule has 0 bridgehead atoms. The van der Waals surface area contributed by atoms with Gasteiger partial charge in [0.05, 0.1) is 6.04 Å². The van der Waals surface area contributed by atoms with Crippen LogP contribution in [0.2, 0.25) is 0 Å². The Morgan fingerprint density at radius 3 is 2.18 bits per heavy atom. The fraction of sp³-hybridized carbons (Fsp3) is 0.857. The lowest BCUT2D eigenvalue weighted by atomic mass is 10.0. The number of hydrogen-bond donors (Lipinski definition) is 1. The molecule has 0 aromatic heterocycles. The second-order valence-electron chi connectivity index (χ2n) is 3.01. The second-order valence-corrected chi connectivity index (χ2v) is 5.54. The van der Waals surface area contributed by atoms with Gasteiger partial charge in [-0.1, -0.05) is 8.93 Å². The first-order valence-electron chi connectivity index (χ1n) is 3.43. The van der Waals surface area contributed by atoms with E-state index in [2.05, 4.69) is 40.4 Å². The number of rotatable bonds is 4. The van der Waals surface area contributed by atoms with Crippen molar-refractivity contribution in [3.63, 3.8) is 0 Å². The number of Topliss-reactive ketones (excluding diaryl/α,β-unsaturated/α-hetero) is 1. The summed E-state index contributed by atoms with van der Waals surface area (Å²) in [5.74, 6) is 0.196. The standard InChI is InChI=1S/C7H14INOS/c1-5(10)6(9-4)7(2,3)11-8/h6,9H,1-4H3. The summed E-state index contributed by atoms with van der Waals surface area (Å²) in [6.45, 7) is 5.75. The highest BCUT2D eigenvalue weighted by atomic mass is 127. The number of halogens is 1. The van der Waals surface area contributed by atoms with Crippen LogP contribution in [0.1, 0.15) is 20.8 Å². The molecule has 0 aliphatic rings. The van der Waals surface area contributed by atoms with Gasteiger partial charge in [0, 0.05) is 4.75 Å². The van der Waals surface area contributed by atoms with Crippen LogP contribution in [0, 0.1) is 0 Å². The van der Waals surface area contributed by atoms with E-state index in [4.69, 9.17) is 0 Å². The number of carbonyl (C=O) groups is 1. The van der Waals surface area contributed by atoms with Gasteiger partial charge in [-0.2, -0.15) is 0 Å². The Morgan fingerprint density at radius 2 is 2.09 bits per heavy atom. The summed E-state index contributed by atoms with van der Waals surface area (Å²) >= 11 is 2.23. The monoisotopic (exact) mass is 287 g/mol. The van der Waals surface area contributed by atoms with E-state index in [1.165, 1.54) is 0 Å². The normalized spacial score (nSPS) is 14.6. The molecular formula is C7H14INOS. The van der Waals surface area contributed by atoms with Gasteiger partial charge in [-0.05, 0) is 49.0 Å². The molecule has 0 radical (unpaired) electrons. The van der Waals surface area contributed by atoms with Crippen LogP contribution in [0.15, 0.2) is 0 Å². The highest BCUT2D eigenvalue weighted by molar-refractivity contribution is 14.2. The zero-order chi connectivity index (χ0) is 9.07. The third-order valence-electron chi connectivity index (χ3n) is 1.59. The van der Waals surface area contributed by atoms with Crippen molar-refractivity contribution < 1.29 is 4.79 Å². The largest absolute Gasteiger partial charge is 0.309 e. The van der Waals surface area contributed by atoms with Crippen LogP contribution in [0.4, 0.5) is 0 Å². The smallest absolute Gasteiger partial charge is 0.148 e. The molecule has 0 fully saturated rings. The van der Waals surface area contributed by atoms with Crippen molar-refractivity contribution in [2.24, 2.45) is 0 Å². The minimum atomic E-state index is -0.0515. The first-order valence-corrected chi connectivity index (χ1v) is 6.79. The number of hydrogen-bond acceptors (Lipinski definition) is 3. The Hall–Kier alpha value is 0.710. The summed E-state index contributed by atoms with van der Waals surface area (Å²) in [4.78, 5) is 11.1. The van der Waals surface area contributed by atoms with Crippen LogP contribution in [-0.4, -0.2) is 23.6 Å². The molecule has 0 saturated heterocycles. The zero-order valence-corrected chi connectivity index (χ0v) is 10.2. The van der Waals surface area contributed by atoms with E-state index in [1.807, 2.05) is 7.05 Å². The van der Waals surface area contributed by atoms with Crippen LogP contribution in [-0.2, 0) is 4.79 Å². The molecule has 4 heteroatoms. The number of carbonyl (C=O) groups excluding carboxylic acids is 1. The fourth-order valence-electron chi connectivity index (χ4n) is 1.08. The van der Waals surface area contributed by atoms with Crippen LogP contribution < -0.4 is 5.32 Å². The lowest BCUT2D eigenvalue weighted by Crippen LogP contribution is -2.47. The molecule has 0 spiro atoms. The third kappa shape index (κ3) is 3.29. The Balaban J connectivity index is 4.36. The Kier molecular flexibility index (Phi) is 4.97. The Labute approximate surface area is 84.5 Å². The summed E-state index contributed by atoms with van der Waals surface area (Å²) in [5.41, 5.74) is 0. The van der Waals surface area contributed by atoms with Crippen molar-refractivity contribution in [2.45, 2.75) is 31.6 Å². The molecule has 0 aliphatic heterocycles. The quantitative estimate of drug-likeness (QED) is 0.802. The third-order valence-corrected chi connectivity index (χ3v) is 5.63. The molecule has 0 saturated carbocycles. The van der Waals surface area contributed by atoms with E-state index in [1.54, 1.807) is 15.9 Å². The minimum Gasteiger partial charge on any atom is -0.309 e. The van der Waals surface area contributed by atoms with Crippen LogP contribution in [0.25, 0.3) is 0 Å². The van der Waals surface area contributed by atoms with Crippen LogP contribution in [0.5, 0.6) is 0 Å². The van der Waals surface area contributed by atoms with Gasteiger partial charge in [0.25, 0.3) is 0 Å². The highest BCUT2D eigenvalue weighted by Crippen LogP contribution is 2.33. The first kappa shape index (κ1) is 11.7. The van der Waals surface area contributed by atoms with Gasteiger partial charge in [-0.25, -0.2) is 0 Å². The molecule has 11 heavy (non-hydrogen) atoms. The van der Waals surface area contributed by atoms with E-state index < -0.39 is 0 Å². The predicted molar refractivity (Wildman–Crippen MR) is 59.2 cm³/mol. The van der Waals surface area contributed by atoms with Crippen molar-refractivity contribution in [2.75, 3.05) is 7.05 Å². The molecule has 1 N–H and O–H groups in total. The molecule has 66 valence electrons. The summed E-state index contributed by atoms with van der Waals surface area (Å²) in [5, 5.41) is 3.02. The first-order chi connectivity index (χ1) is 4.95. The summed E-state index contributed by atoms with van der Waals surface area (Å²) in [7, 11) is 3.49. The highest BCUT2D eigenvalue weighted by Gasteiger charge is 2.31. The van der Waals surface area contributed by atoms with Gasteiger partial charge >= 0.3 is 0 Å². The van der Waals surface area contributed by atoms with Gasteiger partial charge in [0.15, 0.2) is 0 Å². The average molecular weight is 287 g/mol. The fourth-order valence-corrected chi connectivity index (χ4v) is 2.22. The van der Waals surface area contributed by atoms with Gasteiger partial charge < -0.3 is 5.32 Å². The summed E-state index contributed by atoms with van der Waals surface area (Å²) in [6.07, 6.45) is 0. The van der Waals surface area contributed by atoms with Crippen molar-refractivity contribution in [3.8, 4) is 0 Å². The summed E-state index contributed by atoms with van der Waals surface area (Å²) in [6, 6.07) is -0.0515. The van der Waals surface area contributed by atoms with Crippen LogP contribution in [0.3, 0.4) is 0 Å². The number of nitrogens with one attached hydrogen (secondary N) is 1. The maximum atomic E-state index is 11.1. The molecule has 0 aromatic carbocycles. The molecule has 0 aromatic rings. The van der Waals surface area contributed by atoms with Gasteiger partial charge in [-0.3, -0.25) is 4.79 Å².